The molecule has 0 saturated heterocycles. The third kappa shape index (κ3) is 1.84. The van der Waals surface area contributed by atoms with Gasteiger partial charge in [-0.05, 0) is 30.3 Å². The largest absolute Gasteiger partial charge is 0.493 e. The highest BCUT2D eigenvalue weighted by Crippen LogP contribution is 2.34. The van der Waals surface area contributed by atoms with Crippen molar-refractivity contribution in [1.82, 2.24) is 14.6 Å². The second-order valence-corrected chi connectivity index (χ2v) is 5.79. The second kappa shape index (κ2) is 4.99. The van der Waals surface area contributed by atoms with Gasteiger partial charge in [0.05, 0.1) is 24.4 Å². The summed E-state index contributed by atoms with van der Waals surface area (Å²) in [6.45, 7) is 0. The number of aromatic nitrogens is 3. The Bertz CT molecular complexity index is 974. The number of hydrogen-bond acceptors (Lipinski definition) is 5. The molecule has 0 N–H and O–H groups in total. The second-order valence-electron chi connectivity index (χ2n) is 4.78. The molecule has 2 heterocycles. The van der Waals surface area contributed by atoms with Crippen molar-refractivity contribution in [3.8, 4) is 22.9 Å². The van der Waals surface area contributed by atoms with Gasteiger partial charge in [0.25, 0.3) is 0 Å². The minimum absolute atomic E-state index is 0.677. The van der Waals surface area contributed by atoms with E-state index in [1.807, 2.05) is 30.3 Å². The molecular formula is C16H13N3O2S. The number of benzene rings is 2. The van der Waals surface area contributed by atoms with E-state index in [4.69, 9.17) is 9.47 Å². The molecule has 0 saturated carbocycles. The minimum atomic E-state index is 0.677. The lowest BCUT2D eigenvalue weighted by atomic mass is 10.2. The van der Waals surface area contributed by atoms with Crippen molar-refractivity contribution >= 4 is 26.5 Å². The van der Waals surface area contributed by atoms with Crippen LogP contribution in [0.2, 0.25) is 0 Å². The summed E-state index contributed by atoms with van der Waals surface area (Å²) in [6.07, 6.45) is 0. The molecule has 0 aliphatic rings. The van der Waals surface area contributed by atoms with E-state index in [9.17, 15) is 0 Å². The Morgan fingerprint density at radius 2 is 1.77 bits per heavy atom. The number of rotatable bonds is 3. The summed E-state index contributed by atoms with van der Waals surface area (Å²) in [5.41, 5.74) is 2.05. The number of methoxy groups -OCH3 is 2. The van der Waals surface area contributed by atoms with Crippen LogP contribution in [0.4, 0.5) is 0 Å². The number of ether oxygens (including phenoxy) is 2. The molecule has 0 atom stereocenters. The van der Waals surface area contributed by atoms with Gasteiger partial charge in [0, 0.05) is 5.56 Å². The highest BCUT2D eigenvalue weighted by Gasteiger charge is 2.15. The van der Waals surface area contributed by atoms with Gasteiger partial charge in [-0.15, -0.1) is 10.2 Å². The minimum Gasteiger partial charge on any atom is -0.493 e. The highest BCUT2D eigenvalue weighted by molar-refractivity contribution is 7.23. The van der Waals surface area contributed by atoms with Crippen molar-refractivity contribution < 1.29 is 9.47 Å². The van der Waals surface area contributed by atoms with Crippen molar-refractivity contribution in [2.24, 2.45) is 0 Å². The predicted octanol–water partition coefficient (Wildman–Crippen LogP) is 3.63. The number of thiazole rings is 1. The lowest BCUT2D eigenvalue weighted by Crippen LogP contribution is -1.93. The van der Waals surface area contributed by atoms with Crippen LogP contribution in [-0.4, -0.2) is 28.8 Å². The molecule has 2 aromatic heterocycles. The zero-order valence-corrected chi connectivity index (χ0v) is 12.9. The molecule has 22 heavy (non-hydrogen) atoms. The van der Waals surface area contributed by atoms with Gasteiger partial charge in [0.15, 0.2) is 17.3 Å². The molecule has 0 unspecified atom stereocenters. The summed E-state index contributed by atoms with van der Waals surface area (Å²) in [6, 6.07) is 14.0. The SMILES string of the molecule is COc1ccc(-c2nnc3sc4ccccc4n23)cc1OC. The van der Waals surface area contributed by atoms with E-state index >= 15 is 0 Å². The molecule has 6 heteroatoms. The summed E-state index contributed by atoms with van der Waals surface area (Å²) >= 11 is 1.63. The maximum Gasteiger partial charge on any atom is 0.217 e. The third-order valence-corrected chi connectivity index (χ3v) is 4.59. The number of nitrogens with zero attached hydrogens (tertiary/aromatic N) is 3. The average molecular weight is 311 g/mol. The van der Waals surface area contributed by atoms with Crippen LogP contribution < -0.4 is 9.47 Å². The monoisotopic (exact) mass is 311 g/mol. The summed E-state index contributed by atoms with van der Waals surface area (Å²) < 4.78 is 13.9. The summed E-state index contributed by atoms with van der Waals surface area (Å²) in [7, 11) is 3.25. The Balaban J connectivity index is 1.98. The Kier molecular flexibility index (Phi) is 2.97. The highest BCUT2D eigenvalue weighted by atomic mass is 32.1. The molecule has 110 valence electrons. The van der Waals surface area contributed by atoms with Crippen LogP contribution in [0, 0.1) is 0 Å². The molecule has 2 aromatic carbocycles. The van der Waals surface area contributed by atoms with Gasteiger partial charge >= 0.3 is 0 Å². The first-order valence-electron chi connectivity index (χ1n) is 6.77. The topological polar surface area (TPSA) is 48.7 Å². The van der Waals surface area contributed by atoms with Crippen molar-refractivity contribution in [1.29, 1.82) is 0 Å². The van der Waals surface area contributed by atoms with E-state index < -0.39 is 0 Å². The Labute approximate surface area is 130 Å². The number of para-hydroxylation sites is 1. The lowest BCUT2D eigenvalue weighted by Gasteiger charge is -2.08. The van der Waals surface area contributed by atoms with Gasteiger partial charge in [0.1, 0.15) is 0 Å². The normalized spacial score (nSPS) is 11.2. The van der Waals surface area contributed by atoms with Crippen LogP contribution in [0.1, 0.15) is 0 Å². The van der Waals surface area contributed by atoms with E-state index in [1.165, 1.54) is 4.70 Å². The number of hydrogen-bond donors (Lipinski definition) is 0. The van der Waals surface area contributed by atoms with Crippen LogP contribution >= 0.6 is 11.3 Å². The van der Waals surface area contributed by atoms with Gasteiger partial charge in [0.2, 0.25) is 4.96 Å². The first kappa shape index (κ1) is 13.1. The van der Waals surface area contributed by atoms with Gasteiger partial charge in [-0.2, -0.15) is 0 Å². The van der Waals surface area contributed by atoms with Crippen molar-refractivity contribution in [3.05, 3.63) is 42.5 Å². The molecular weight excluding hydrogens is 298 g/mol. The summed E-state index contributed by atoms with van der Waals surface area (Å²) in [5.74, 6) is 2.17. The molecule has 0 bridgehead atoms. The van der Waals surface area contributed by atoms with Crippen LogP contribution in [0.3, 0.4) is 0 Å². The van der Waals surface area contributed by atoms with E-state index in [0.29, 0.717) is 11.5 Å². The molecule has 0 aliphatic carbocycles. The van der Waals surface area contributed by atoms with E-state index in [2.05, 4.69) is 26.7 Å². The smallest absolute Gasteiger partial charge is 0.217 e. The van der Waals surface area contributed by atoms with E-state index in [0.717, 1.165) is 21.9 Å². The molecule has 0 fully saturated rings. The van der Waals surface area contributed by atoms with Gasteiger partial charge in [-0.25, -0.2) is 0 Å². The zero-order valence-electron chi connectivity index (χ0n) is 12.1. The first-order chi connectivity index (χ1) is 10.8. The fourth-order valence-electron chi connectivity index (χ4n) is 2.54. The van der Waals surface area contributed by atoms with Gasteiger partial charge in [-0.1, -0.05) is 23.5 Å². The fourth-order valence-corrected chi connectivity index (χ4v) is 3.51. The van der Waals surface area contributed by atoms with Crippen LogP contribution in [0.15, 0.2) is 42.5 Å². The fraction of sp³-hybridized carbons (Fsp3) is 0.125. The maximum atomic E-state index is 5.38. The number of fused-ring (bicyclic) bond motifs is 3. The Hall–Kier alpha value is -2.60. The molecule has 0 radical (unpaired) electrons. The van der Waals surface area contributed by atoms with Crippen molar-refractivity contribution in [2.75, 3.05) is 14.2 Å². The Morgan fingerprint density at radius 3 is 2.59 bits per heavy atom. The molecule has 0 amide bonds. The van der Waals surface area contributed by atoms with Crippen molar-refractivity contribution in [2.45, 2.75) is 0 Å². The van der Waals surface area contributed by atoms with Crippen LogP contribution in [-0.2, 0) is 0 Å². The third-order valence-electron chi connectivity index (χ3n) is 3.58. The van der Waals surface area contributed by atoms with Gasteiger partial charge in [-0.3, -0.25) is 4.40 Å². The standard InChI is InChI=1S/C16H13N3O2S/c1-20-12-8-7-10(9-13(12)21-2)15-17-18-16-19(15)11-5-3-4-6-14(11)22-16/h3-9H,1-2H3. The lowest BCUT2D eigenvalue weighted by molar-refractivity contribution is 0.355. The quantitative estimate of drug-likeness (QED) is 0.580. The van der Waals surface area contributed by atoms with E-state index in [-0.39, 0.29) is 0 Å². The molecule has 0 aliphatic heterocycles. The first-order valence-corrected chi connectivity index (χ1v) is 7.58. The Morgan fingerprint density at radius 1 is 0.955 bits per heavy atom. The van der Waals surface area contributed by atoms with Gasteiger partial charge < -0.3 is 9.47 Å². The molecule has 0 spiro atoms. The molecule has 4 rings (SSSR count). The summed E-state index contributed by atoms with van der Waals surface area (Å²) in [4.78, 5) is 0.881. The zero-order chi connectivity index (χ0) is 15.1. The predicted molar refractivity (Wildman–Crippen MR) is 86.9 cm³/mol. The van der Waals surface area contributed by atoms with Crippen molar-refractivity contribution in [3.63, 3.8) is 0 Å². The average Bonchev–Trinajstić information content (AvgIpc) is 3.13. The molecule has 5 nitrogen and oxygen atoms in total. The molecule has 4 aromatic rings. The van der Waals surface area contributed by atoms with Crippen LogP contribution in [0.25, 0.3) is 26.6 Å². The van der Waals surface area contributed by atoms with E-state index in [1.54, 1.807) is 25.6 Å². The van der Waals surface area contributed by atoms with Crippen LogP contribution in [0.5, 0.6) is 11.5 Å². The maximum absolute atomic E-state index is 5.38. The summed E-state index contributed by atoms with van der Waals surface area (Å²) in [5, 5.41) is 8.62.